The van der Waals surface area contributed by atoms with Gasteiger partial charge in [0.2, 0.25) is 0 Å². The van der Waals surface area contributed by atoms with Gasteiger partial charge in [0, 0.05) is 6.61 Å². The van der Waals surface area contributed by atoms with Crippen LogP contribution in [0.3, 0.4) is 0 Å². The molecular weight excluding hydrogens is 272 g/mol. The third-order valence-electron chi connectivity index (χ3n) is 9.76. The fourth-order valence-corrected chi connectivity index (χ4v) is 9.08. The molecule has 4 bridgehead atoms. The van der Waals surface area contributed by atoms with E-state index < -0.39 is 0 Å². The quantitative estimate of drug-likeness (QED) is 0.777. The zero-order valence-corrected chi connectivity index (χ0v) is 14.4. The summed E-state index contributed by atoms with van der Waals surface area (Å²) in [6, 6.07) is 0. The van der Waals surface area contributed by atoms with Crippen molar-refractivity contribution in [2.45, 2.75) is 71.8 Å². The van der Waals surface area contributed by atoms with Crippen LogP contribution in [0.4, 0.5) is 0 Å². The molecular formula is C20H32O2. The van der Waals surface area contributed by atoms with E-state index in [0.717, 1.165) is 30.6 Å². The van der Waals surface area contributed by atoms with Crippen molar-refractivity contribution in [3.63, 3.8) is 0 Å². The van der Waals surface area contributed by atoms with E-state index in [-0.39, 0.29) is 23.5 Å². The second-order valence-electron chi connectivity index (χ2n) is 10.7. The normalized spacial score (nSPS) is 68.3. The number of fused-ring (bicyclic) bond motifs is 1. The summed E-state index contributed by atoms with van der Waals surface area (Å²) < 4.78 is 0. The van der Waals surface area contributed by atoms with E-state index in [2.05, 4.69) is 20.8 Å². The molecule has 2 heteroatoms. The molecule has 0 saturated heterocycles. The highest BCUT2D eigenvalue weighted by Gasteiger charge is 2.78. The number of hydrogen-bond acceptors (Lipinski definition) is 2. The summed E-state index contributed by atoms with van der Waals surface area (Å²) in [4.78, 5) is 0. The largest absolute Gasteiger partial charge is 0.396 e. The van der Waals surface area contributed by atoms with Crippen LogP contribution >= 0.6 is 0 Å². The summed E-state index contributed by atoms with van der Waals surface area (Å²) >= 11 is 0. The van der Waals surface area contributed by atoms with E-state index >= 15 is 0 Å². The predicted molar refractivity (Wildman–Crippen MR) is 86.1 cm³/mol. The van der Waals surface area contributed by atoms with Crippen molar-refractivity contribution < 1.29 is 10.2 Å². The minimum atomic E-state index is -0.211. The smallest absolute Gasteiger partial charge is 0.0551 e. The molecule has 22 heavy (non-hydrogen) atoms. The standard InChI is InChI=1S/C20H32O2/c1-17(11-21)7-12(22)8-18(2)15(17)4-5-20-9-14-13(6-16(18)20)19(14,3)10-20/h12-16,21-22H,4-11H2,1-3H3/t12-,13-,14-,15-,16+,17+,18-,19+,20+/m1/s1. The predicted octanol–water partition coefficient (Wildman–Crippen LogP) is 3.61. The molecule has 0 aliphatic heterocycles. The molecule has 0 amide bonds. The number of rotatable bonds is 1. The monoisotopic (exact) mass is 304 g/mol. The molecule has 1 spiro atoms. The van der Waals surface area contributed by atoms with Crippen molar-refractivity contribution in [3.05, 3.63) is 0 Å². The SMILES string of the molecule is C[C@@]1(CO)C[C@@H](O)C[C@]2(C)[C@@H]1CC[C@@]13C[C@@H]4[C@@H](C[C@H]12)[C@]4(C)C3. The van der Waals surface area contributed by atoms with Crippen LogP contribution in [0.15, 0.2) is 0 Å². The van der Waals surface area contributed by atoms with E-state index in [0.29, 0.717) is 16.7 Å². The average molecular weight is 304 g/mol. The number of hydrogen-bond donors (Lipinski definition) is 2. The lowest BCUT2D eigenvalue weighted by atomic mass is 9.39. The van der Waals surface area contributed by atoms with Gasteiger partial charge in [-0.25, -0.2) is 0 Å². The molecule has 6 aliphatic rings. The fraction of sp³-hybridized carbons (Fsp3) is 1.00. The van der Waals surface area contributed by atoms with Gasteiger partial charge in [-0.05, 0) is 90.3 Å². The Bertz CT molecular complexity index is 532. The van der Waals surface area contributed by atoms with Crippen LogP contribution in [-0.2, 0) is 0 Å². The van der Waals surface area contributed by atoms with Crippen LogP contribution < -0.4 is 0 Å². The maximum Gasteiger partial charge on any atom is 0.0551 e. The van der Waals surface area contributed by atoms with E-state index in [1.165, 1.54) is 32.1 Å². The Morgan fingerprint density at radius 1 is 0.955 bits per heavy atom. The average Bonchev–Trinajstić information content (AvgIpc) is 2.89. The van der Waals surface area contributed by atoms with Gasteiger partial charge in [0.05, 0.1) is 6.10 Å². The summed E-state index contributed by atoms with van der Waals surface area (Å²) in [5, 5.41) is 20.7. The number of aliphatic hydroxyl groups excluding tert-OH is 2. The minimum Gasteiger partial charge on any atom is -0.396 e. The van der Waals surface area contributed by atoms with Gasteiger partial charge in [0.15, 0.2) is 0 Å². The molecule has 6 rings (SSSR count). The molecule has 9 atom stereocenters. The third kappa shape index (κ3) is 1.38. The maximum atomic E-state index is 10.6. The molecule has 124 valence electrons. The minimum absolute atomic E-state index is 0.0680. The topological polar surface area (TPSA) is 40.5 Å². The van der Waals surface area contributed by atoms with Gasteiger partial charge in [-0.15, -0.1) is 0 Å². The van der Waals surface area contributed by atoms with Gasteiger partial charge in [-0.1, -0.05) is 20.8 Å². The summed E-state index contributed by atoms with van der Waals surface area (Å²) in [5.41, 5.74) is 1.46. The second kappa shape index (κ2) is 3.77. The van der Waals surface area contributed by atoms with Crippen LogP contribution in [0.1, 0.15) is 65.7 Å². The zero-order chi connectivity index (χ0) is 15.5. The Labute approximate surface area is 134 Å². The molecule has 6 aliphatic carbocycles. The first-order chi connectivity index (χ1) is 10.3. The van der Waals surface area contributed by atoms with E-state index in [4.69, 9.17) is 0 Å². The van der Waals surface area contributed by atoms with Gasteiger partial charge in [-0.2, -0.15) is 0 Å². The molecule has 0 aromatic carbocycles. The van der Waals surface area contributed by atoms with Gasteiger partial charge < -0.3 is 10.2 Å². The van der Waals surface area contributed by atoms with Crippen LogP contribution in [-0.4, -0.2) is 22.9 Å². The Balaban J connectivity index is 1.56. The van der Waals surface area contributed by atoms with Crippen molar-refractivity contribution in [1.82, 2.24) is 0 Å². The lowest BCUT2D eigenvalue weighted by Gasteiger charge is -2.66. The fourth-order valence-electron chi connectivity index (χ4n) is 9.08. The third-order valence-corrected chi connectivity index (χ3v) is 9.76. The van der Waals surface area contributed by atoms with E-state index in [9.17, 15) is 10.2 Å². The maximum absolute atomic E-state index is 10.6. The summed E-state index contributed by atoms with van der Waals surface area (Å²) in [5.74, 6) is 3.42. The molecule has 6 saturated carbocycles. The van der Waals surface area contributed by atoms with Gasteiger partial charge in [0.1, 0.15) is 0 Å². The molecule has 2 nitrogen and oxygen atoms in total. The van der Waals surface area contributed by atoms with Crippen LogP contribution in [0, 0.1) is 45.3 Å². The van der Waals surface area contributed by atoms with Crippen LogP contribution in [0.5, 0.6) is 0 Å². The Morgan fingerprint density at radius 3 is 2.36 bits per heavy atom. The molecule has 6 fully saturated rings. The molecule has 0 heterocycles. The second-order valence-corrected chi connectivity index (χ2v) is 10.7. The first kappa shape index (κ1) is 14.3. The molecule has 0 unspecified atom stereocenters. The molecule has 0 aromatic rings. The van der Waals surface area contributed by atoms with Crippen LogP contribution in [0.25, 0.3) is 0 Å². The highest BCUT2D eigenvalue weighted by Crippen LogP contribution is 2.85. The van der Waals surface area contributed by atoms with Crippen molar-refractivity contribution in [2.75, 3.05) is 6.61 Å². The van der Waals surface area contributed by atoms with E-state index in [1.54, 1.807) is 0 Å². The van der Waals surface area contributed by atoms with E-state index in [1.807, 2.05) is 0 Å². The molecule has 2 N–H and O–H groups in total. The molecule has 0 radical (unpaired) electrons. The highest BCUT2D eigenvalue weighted by molar-refractivity contribution is 5.27. The highest BCUT2D eigenvalue weighted by atomic mass is 16.3. The van der Waals surface area contributed by atoms with Crippen molar-refractivity contribution >= 4 is 0 Å². The van der Waals surface area contributed by atoms with Crippen molar-refractivity contribution in [2.24, 2.45) is 45.3 Å². The summed E-state index contributed by atoms with van der Waals surface area (Å²) in [6.07, 6.45) is 8.61. The Hall–Kier alpha value is -0.0800. The Kier molecular flexibility index (Phi) is 2.45. The van der Waals surface area contributed by atoms with Gasteiger partial charge in [-0.3, -0.25) is 0 Å². The number of aliphatic hydroxyl groups is 2. The van der Waals surface area contributed by atoms with Crippen LogP contribution in [0.2, 0.25) is 0 Å². The Morgan fingerprint density at radius 2 is 1.73 bits per heavy atom. The zero-order valence-electron chi connectivity index (χ0n) is 14.4. The van der Waals surface area contributed by atoms with Gasteiger partial charge >= 0.3 is 0 Å². The first-order valence-corrected chi connectivity index (χ1v) is 9.56. The van der Waals surface area contributed by atoms with Crippen molar-refractivity contribution in [1.29, 1.82) is 0 Å². The molecule has 0 aromatic heterocycles. The lowest BCUT2D eigenvalue weighted by molar-refractivity contribution is -0.195. The lowest BCUT2D eigenvalue weighted by Crippen LogP contribution is -2.60. The van der Waals surface area contributed by atoms with Crippen molar-refractivity contribution in [3.8, 4) is 0 Å². The summed E-state index contributed by atoms with van der Waals surface area (Å²) in [6.45, 7) is 7.52. The first-order valence-electron chi connectivity index (χ1n) is 9.56. The van der Waals surface area contributed by atoms with Gasteiger partial charge in [0.25, 0.3) is 0 Å². The summed E-state index contributed by atoms with van der Waals surface area (Å²) in [7, 11) is 0.